The molecule has 1 aliphatic heterocycles. The minimum Gasteiger partial charge on any atom is -0.391 e. The normalized spacial score (nSPS) is 23.5. The first-order valence-electron chi connectivity index (χ1n) is 6.79. The first-order valence-corrected chi connectivity index (χ1v) is 7.17. The molecule has 0 bridgehead atoms. The second-order valence-corrected chi connectivity index (χ2v) is 6.08. The number of aliphatic hydroxyl groups is 1. The van der Waals surface area contributed by atoms with E-state index in [1.807, 2.05) is 25.1 Å². The van der Waals surface area contributed by atoms with Gasteiger partial charge in [0, 0.05) is 37.1 Å². The Balaban J connectivity index is 2.05. The quantitative estimate of drug-likeness (QED) is 0.916. The lowest BCUT2D eigenvalue weighted by Crippen LogP contribution is -2.55. The minimum absolute atomic E-state index is 0.177. The second kappa shape index (κ2) is 6.23. The number of halogens is 1. The number of nitrogens with zero attached hydrogens (tertiary/aromatic N) is 2. The molecule has 0 saturated carbocycles. The van der Waals surface area contributed by atoms with Crippen molar-refractivity contribution in [2.24, 2.45) is 0 Å². The highest BCUT2D eigenvalue weighted by molar-refractivity contribution is 6.31. The number of piperazine rings is 1. The van der Waals surface area contributed by atoms with Crippen LogP contribution in [-0.2, 0) is 6.42 Å². The van der Waals surface area contributed by atoms with Gasteiger partial charge in [0.05, 0.1) is 6.10 Å². The molecule has 19 heavy (non-hydrogen) atoms. The number of aryl methyl sites for hydroxylation is 1. The van der Waals surface area contributed by atoms with Crippen LogP contribution in [-0.4, -0.2) is 60.8 Å². The summed E-state index contributed by atoms with van der Waals surface area (Å²) in [5.74, 6) is 0. The topological polar surface area (TPSA) is 26.7 Å². The van der Waals surface area contributed by atoms with E-state index in [1.54, 1.807) is 0 Å². The van der Waals surface area contributed by atoms with E-state index >= 15 is 0 Å². The highest BCUT2D eigenvalue weighted by Crippen LogP contribution is 2.21. The van der Waals surface area contributed by atoms with Gasteiger partial charge in [-0.25, -0.2) is 0 Å². The van der Waals surface area contributed by atoms with Gasteiger partial charge in [-0.1, -0.05) is 23.7 Å². The van der Waals surface area contributed by atoms with E-state index in [-0.39, 0.29) is 12.1 Å². The van der Waals surface area contributed by atoms with E-state index in [0.29, 0.717) is 6.42 Å². The predicted octanol–water partition coefficient (Wildman–Crippen LogP) is 1.80. The van der Waals surface area contributed by atoms with Gasteiger partial charge < -0.3 is 10.0 Å². The number of hydrogen-bond acceptors (Lipinski definition) is 3. The molecule has 106 valence electrons. The Bertz CT molecular complexity index is 438. The number of aliphatic hydroxyl groups excluding tert-OH is 1. The molecule has 0 radical (unpaired) electrons. The summed E-state index contributed by atoms with van der Waals surface area (Å²) in [6.45, 7) is 4.99. The Hall–Kier alpha value is -0.610. The summed E-state index contributed by atoms with van der Waals surface area (Å²) in [4.78, 5) is 4.51. The van der Waals surface area contributed by atoms with Crippen molar-refractivity contribution < 1.29 is 5.11 Å². The van der Waals surface area contributed by atoms with Gasteiger partial charge >= 0.3 is 0 Å². The lowest BCUT2D eigenvalue weighted by Gasteiger charge is -2.40. The van der Waals surface area contributed by atoms with Crippen molar-refractivity contribution in [1.29, 1.82) is 0 Å². The molecule has 0 spiro atoms. The first kappa shape index (κ1) is 14.8. The smallest absolute Gasteiger partial charge is 0.0748 e. The zero-order chi connectivity index (χ0) is 14.0. The molecular weight excluding hydrogens is 260 g/mol. The van der Waals surface area contributed by atoms with E-state index < -0.39 is 0 Å². The number of benzene rings is 1. The molecule has 2 atom stereocenters. The van der Waals surface area contributed by atoms with Crippen molar-refractivity contribution in [1.82, 2.24) is 9.80 Å². The number of rotatable bonds is 3. The van der Waals surface area contributed by atoms with E-state index in [4.69, 9.17) is 11.6 Å². The predicted molar refractivity (Wildman–Crippen MR) is 79.8 cm³/mol. The van der Waals surface area contributed by atoms with Gasteiger partial charge in [-0.15, -0.1) is 0 Å². The largest absolute Gasteiger partial charge is 0.391 e. The van der Waals surface area contributed by atoms with Crippen LogP contribution in [0.2, 0.25) is 5.02 Å². The minimum atomic E-state index is -0.382. The molecule has 0 aromatic heterocycles. The molecule has 1 aliphatic rings. The third kappa shape index (κ3) is 3.69. The molecule has 2 rings (SSSR count). The van der Waals surface area contributed by atoms with Gasteiger partial charge in [-0.3, -0.25) is 4.90 Å². The molecule has 4 heteroatoms. The van der Waals surface area contributed by atoms with Gasteiger partial charge in [0.2, 0.25) is 0 Å². The maximum absolute atomic E-state index is 10.5. The Morgan fingerprint density at radius 3 is 2.79 bits per heavy atom. The average molecular weight is 283 g/mol. The van der Waals surface area contributed by atoms with Gasteiger partial charge in [0.25, 0.3) is 0 Å². The van der Waals surface area contributed by atoms with Crippen molar-refractivity contribution >= 4 is 11.6 Å². The van der Waals surface area contributed by atoms with E-state index in [2.05, 4.69) is 23.9 Å². The van der Waals surface area contributed by atoms with Crippen LogP contribution < -0.4 is 0 Å². The summed E-state index contributed by atoms with van der Waals surface area (Å²) in [6.07, 6.45) is 0.232. The summed E-state index contributed by atoms with van der Waals surface area (Å²) in [7, 11) is 4.18. The highest BCUT2D eigenvalue weighted by Gasteiger charge is 2.28. The van der Waals surface area contributed by atoms with Crippen molar-refractivity contribution in [2.75, 3.05) is 33.7 Å². The van der Waals surface area contributed by atoms with Crippen LogP contribution in [0.15, 0.2) is 18.2 Å². The third-order valence-electron chi connectivity index (χ3n) is 3.98. The fraction of sp³-hybridized carbons (Fsp3) is 0.600. The third-order valence-corrected chi connectivity index (χ3v) is 4.33. The molecule has 0 aliphatic carbocycles. The van der Waals surface area contributed by atoms with Crippen LogP contribution in [0.25, 0.3) is 0 Å². The summed E-state index contributed by atoms with van der Waals surface area (Å²) < 4.78 is 0. The van der Waals surface area contributed by atoms with Crippen molar-refractivity contribution in [3.63, 3.8) is 0 Å². The fourth-order valence-electron chi connectivity index (χ4n) is 2.64. The summed E-state index contributed by atoms with van der Waals surface area (Å²) in [6, 6.07) is 6.20. The maximum atomic E-state index is 10.5. The molecule has 1 heterocycles. The van der Waals surface area contributed by atoms with E-state index in [9.17, 15) is 5.11 Å². The maximum Gasteiger partial charge on any atom is 0.0748 e. The zero-order valence-electron chi connectivity index (χ0n) is 11.9. The number of likely N-dealkylation sites (N-methyl/N-ethyl adjacent to an activating group) is 2. The first-order chi connectivity index (χ1) is 8.97. The highest BCUT2D eigenvalue weighted by atomic mass is 35.5. The summed E-state index contributed by atoms with van der Waals surface area (Å²) >= 11 is 6.24. The van der Waals surface area contributed by atoms with E-state index in [1.165, 1.54) is 0 Å². The van der Waals surface area contributed by atoms with Gasteiger partial charge in [0.1, 0.15) is 0 Å². The van der Waals surface area contributed by atoms with Crippen LogP contribution in [0.4, 0.5) is 0 Å². The molecule has 3 nitrogen and oxygen atoms in total. The molecule has 2 unspecified atom stereocenters. The molecule has 1 fully saturated rings. The second-order valence-electron chi connectivity index (χ2n) is 5.68. The summed E-state index contributed by atoms with van der Waals surface area (Å²) in [5, 5.41) is 11.2. The lowest BCUT2D eigenvalue weighted by atomic mass is 9.98. The van der Waals surface area contributed by atoms with Crippen molar-refractivity contribution in [2.45, 2.75) is 25.5 Å². The van der Waals surface area contributed by atoms with Crippen LogP contribution in [0.5, 0.6) is 0 Å². The molecule has 1 saturated heterocycles. The van der Waals surface area contributed by atoms with Crippen LogP contribution in [0.1, 0.15) is 11.1 Å². The fourth-order valence-corrected chi connectivity index (χ4v) is 2.95. The lowest BCUT2D eigenvalue weighted by molar-refractivity contribution is 0.0153. The Morgan fingerprint density at radius 2 is 2.11 bits per heavy atom. The molecule has 1 aromatic rings. The monoisotopic (exact) mass is 282 g/mol. The SMILES string of the molecule is Cc1ccc(CC(O)C2CN(C)CCN2C)c(Cl)c1. The van der Waals surface area contributed by atoms with E-state index in [0.717, 1.165) is 35.8 Å². The Kier molecular flexibility index (Phi) is 4.85. The summed E-state index contributed by atoms with van der Waals surface area (Å²) in [5.41, 5.74) is 2.18. The van der Waals surface area contributed by atoms with Crippen molar-refractivity contribution in [3.05, 3.63) is 34.3 Å². The number of hydrogen-bond donors (Lipinski definition) is 1. The molecule has 1 N–H and O–H groups in total. The van der Waals surface area contributed by atoms with Crippen LogP contribution in [0, 0.1) is 6.92 Å². The van der Waals surface area contributed by atoms with Gasteiger partial charge in [0.15, 0.2) is 0 Å². The van der Waals surface area contributed by atoms with Crippen molar-refractivity contribution in [3.8, 4) is 0 Å². The average Bonchev–Trinajstić information content (AvgIpc) is 2.35. The van der Waals surface area contributed by atoms with Crippen LogP contribution in [0.3, 0.4) is 0 Å². The Morgan fingerprint density at radius 1 is 1.37 bits per heavy atom. The van der Waals surface area contributed by atoms with Gasteiger partial charge in [-0.05, 0) is 38.2 Å². The zero-order valence-corrected chi connectivity index (χ0v) is 12.7. The molecule has 0 amide bonds. The van der Waals surface area contributed by atoms with Gasteiger partial charge in [-0.2, -0.15) is 0 Å². The standard InChI is InChI=1S/C15H23ClN2O/c1-11-4-5-12(13(16)8-11)9-15(19)14-10-17(2)6-7-18(14)3/h4-5,8,14-15,19H,6-7,9-10H2,1-3H3. The molecular formula is C15H23ClN2O. The van der Waals surface area contributed by atoms with Crippen LogP contribution >= 0.6 is 11.6 Å². The Labute approximate surface area is 120 Å². The molecule has 1 aromatic carbocycles.